The Labute approximate surface area is 105 Å². The molecule has 1 amide bonds. The zero-order valence-corrected chi connectivity index (χ0v) is 12.3. The van der Waals surface area contributed by atoms with Gasteiger partial charge in [-0.3, -0.25) is 4.79 Å². The van der Waals surface area contributed by atoms with Gasteiger partial charge in [-0.2, -0.15) is 0 Å². The SMILES string of the molecule is COCC(Br)CN(C)C(=O)C(C)S(C)(=O)=O. The van der Waals surface area contributed by atoms with Gasteiger partial charge in [-0.1, -0.05) is 15.9 Å². The highest BCUT2D eigenvalue weighted by Crippen LogP contribution is 2.07. The molecule has 0 saturated carbocycles. The van der Waals surface area contributed by atoms with Gasteiger partial charge in [0.15, 0.2) is 9.84 Å². The third-order valence-electron chi connectivity index (χ3n) is 2.19. The van der Waals surface area contributed by atoms with E-state index in [-0.39, 0.29) is 4.83 Å². The number of rotatable bonds is 6. The van der Waals surface area contributed by atoms with Gasteiger partial charge in [0.2, 0.25) is 5.91 Å². The average Bonchev–Trinajstić information content (AvgIpc) is 2.14. The molecule has 96 valence electrons. The predicted molar refractivity (Wildman–Crippen MR) is 66.5 cm³/mol. The molecule has 0 saturated heterocycles. The number of amides is 1. The third-order valence-corrected chi connectivity index (χ3v) is 4.23. The summed E-state index contributed by atoms with van der Waals surface area (Å²) in [4.78, 5) is 13.1. The Kier molecular flexibility index (Phi) is 6.50. The van der Waals surface area contributed by atoms with Gasteiger partial charge in [-0.25, -0.2) is 8.42 Å². The van der Waals surface area contributed by atoms with Crippen LogP contribution in [0.5, 0.6) is 0 Å². The quantitative estimate of drug-likeness (QED) is 0.661. The molecule has 16 heavy (non-hydrogen) atoms. The number of hydrogen-bond acceptors (Lipinski definition) is 4. The Bertz CT molecular complexity index is 330. The minimum absolute atomic E-state index is 0.00166. The maximum atomic E-state index is 11.7. The molecule has 0 rings (SSSR count). The Morgan fingerprint density at radius 3 is 2.38 bits per heavy atom. The highest BCUT2D eigenvalue weighted by molar-refractivity contribution is 9.09. The Morgan fingerprint density at radius 2 is 2.00 bits per heavy atom. The van der Waals surface area contributed by atoms with Crippen molar-refractivity contribution < 1.29 is 17.9 Å². The molecule has 0 aliphatic rings. The average molecular weight is 316 g/mol. The van der Waals surface area contributed by atoms with Crippen LogP contribution in [-0.4, -0.2) is 62.9 Å². The summed E-state index contributed by atoms with van der Waals surface area (Å²) >= 11 is 3.34. The van der Waals surface area contributed by atoms with E-state index in [1.165, 1.54) is 11.8 Å². The van der Waals surface area contributed by atoms with Gasteiger partial charge in [-0.05, 0) is 6.92 Å². The van der Waals surface area contributed by atoms with E-state index < -0.39 is 21.0 Å². The number of sulfone groups is 1. The summed E-state index contributed by atoms with van der Waals surface area (Å²) in [5.41, 5.74) is 0. The number of alkyl halides is 1. The van der Waals surface area contributed by atoms with Gasteiger partial charge >= 0.3 is 0 Å². The molecule has 0 heterocycles. The molecule has 0 aromatic rings. The first-order valence-corrected chi connectivity index (χ1v) is 7.64. The Hall–Kier alpha value is -0.140. The van der Waals surface area contributed by atoms with Crippen LogP contribution in [-0.2, 0) is 19.4 Å². The van der Waals surface area contributed by atoms with Crippen molar-refractivity contribution in [3.05, 3.63) is 0 Å². The molecule has 0 aliphatic heterocycles. The van der Waals surface area contributed by atoms with E-state index in [9.17, 15) is 13.2 Å². The summed E-state index contributed by atoms with van der Waals surface area (Å²) < 4.78 is 27.3. The van der Waals surface area contributed by atoms with E-state index in [1.807, 2.05) is 0 Å². The van der Waals surface area contributed by atoms with Crippen LogP contribution < -0.4 is 0 Å². The number of methoxy groups -OCH3 is 1. The smallest absolute Gasteiger partial charge is 0.240 e. The first-order chi connectivity index (χ1) is 7.20. The van der Waals surface area contributed by atoms with E-state index >= 15 is 0 Å². The summed E-state index contributed by atoms with van der Waals surface area (Å²) in [6.07, 6.45) is 1.06. The second-order valence-electron chi connectivity index (χ2n) is 3.74. The van der Waals surface area contributed by atoms with Crippen molar-refractivity contribution in [3.8, 4) is 0 Å². The van der Waals surface area contributed by atoms with Gasteiger partial charge < -0.3 is 9.64 Å². The number of ether oxygens (including phenoxy) is 1. The highest BCUT2D eigenvalue weighted by atomic mass is 79.9. The van der Waals surface area contributed by atoms with Crippen LogP contribution >= 0.6 is 15.9 Å². The molecule has 0 fully saturated rings. The van der Waals surface area contributed by atoms with Crippen molar-refractivity contribution in [3.63, 3.8) is 0 Å². The molecule has 5 nitrogen and oxygen atoms in total. The maximum Gasteiger partial charge on any atom is 0.240 e. The number of carbonyl (C=O) groups is 1. The van der Waals surface area contributed by atoms with E-state index in [2.05, 4.69) is 15.9 Å². The van der Waals surface area contributed by atoms with Gasteiger partial charge in [0, 0.05) is 27.0 Å². The number of halogens is 1. The monoisotopic (exact) mass is 315 g/mol. The molecular weight excluding hydrogens is 298 g/mol. The Morgan fingerprint density at radius 1 is 1.50 bits per heavy atom. The Balaban J connectivity index is 4.40. The summed E-state index contributed by atoms with van der Waals surface area (Å²) in [5.74, 6) is -0.400. The van der Waals surface area contributed by atoms with E-state index in [1.54, 1.807) is 14.2 Å². The molecular formula is C9H18BrNO4S. The predicted octanol–water partition coefficient (Wildman–Crippen LogP) is 0.288. The van der Waals surface area contributed by atoms with Crippen LogP contribution in [0.25, 0.3) is 0 Å². The first-order valence-electron chi connectivity index (χ1n) is 4.77. The van der Waals surface area contributed by atoms with Crippen LogP contribution in [0.3, 0.4) is 0 Å². The highest BCUT2D eigenvalue weighted by Gasteiger charge is 2.27. The molecule has 0 spiro atoms. The van der Waals surface area contributed by atoms with Crippen molar-refractivity contribution in [2.24, 2.45) is 0 Å². The van der Waals surface area contributed by atoms with Crippen LogP contribution in [0, 0.1) is 0 Å². The minimum Gasteiger partial charge on any atom is -0.383 e. The van der Waals surface area contributed by atoms with Gasteiger partial charge in [0.1, 0.15) is 5.25 Å². The van der Waals surface area contributed by atoms with Crippen molar-refractivity contribution in [2.75, 3.05) is 33.6 Å². The maximum absolute atomic E-state index is 11.7. The first kappa shape index (κ1) is 15.9. The second-order valence-corrected chi connectivity index (χ2v) is 7.40. The van der Waals surface area contributed by atoms with Crippen molar-refractivity contribution in [2.45, 2.75) is 17.0 Å². The lowest BCUT2D eigenvalue weighted by molar-refractivity contribution is -0.129. The number of nitrogens with zero attached hydrogens (tertiary/aromatic N) is 1. The standard InChI is InChI=1S/C9H18BrNO4S/c1-7(16(4,13)14)9(12)11(2)5-8(10)6-15-3/h7-8H,5-6H2,1-4H3. The number of hydrogen-bond donors (Lipinski definition) is 0. The molecule has 0 N–H and O–H groups in total. The van der Waals surface area contributed by atoms with E-state index in [0.717, 1.165) is 6.26 Å². The second kappa shape index (κ2) is 6.56. The largest absolute Gasteiger partial charge is 0.383 e. The zero-order valence-electron chi connectivity index (χ0n) is 9.94. The van der Waals surface area contributed by atoms with E-state index in [4.69, 9.17) is 4.74 Å². The van der Waals surface area contributed by atoms with Crippen molar-refractivity contribution >= 4 is 31.7 Å². The van der Waals surface area contributed by atoms with Gasteiger partial charge in [0.05, 0.1) is 11.4 Å². The minimum atomic E-state index is -3.33. The van der Waals surface area contributed by atoms with Crippen molar-refractivity contribution in [1.82, 2.24) is 4.90 Å². The fourth-order valence-electron chi connectivity index (χ4n) is 1.11. The molecule has 0 aromatic carbocycles. The zero-order chi connectivity index (χ0) is 12.9. The lowest BCUT2D eigenvalue weighted by Crippen LogP contribution is -2.42. The van der Waals surface area contributed by atoms with Crippen LogP contribution in [0.15, 0.2) is 0 Å². The van der Waals surface area contributed by atoms with Crippen LogP contribution in [0.1, 0.15) is 6.92 Å². The van der Waals surface area contributed by atoms with Crippen LogP contribution in [0.2, 0.25) is 0 Å². The molecule has 7 heteroatoms. The lowest BCUT2D eigenvalue weighted by Gasteiger charge is -2.22. The molecule has 0 aromatic heterocycles. The summed E-state index contributed by atoms with van der Waals surface area (Å²) in [7, 11) is -0.191. The fraction of sp³-hybridized carbons (Fsp3) is 0.889. The fourth-order valence-corrected chi connectivity index (χ4v) is 2.36. The molecule has 0 aliphatic carbocycles. The van der Waals surface area contributed by atoms with Crippen LogP contribution in [0.4, 0.5) is 0 Å². The molecule has 0 bridgehead atoms. The molecule has 2 unspecified atom stereocenters. The normalized spacial score (nSPS) is 15.6. The van der Waals surface area contributed by atoms with Gasteiger partial charge in [0.25, 0.3) is 0 Å². The molecule has 0 radical (unpaired) electrons. The van der Waals surface area contributed by atoms with E-state index in [0.29, 0.717) is 13.2 Å². The summed E-state index contributed by atoms with van der Waals surface area (Å²) in [6.45, 7) is 2.27. The summed E-state index contributed by atoms with van der Waals surface area (Å²) in [6, 6.07) is 0. The lowest BCUT2D eigenvalue weighted by atomic mass is 10.3. The third kappa shape index (κ3) is 5.27. The number of carbonyl (C=O) groups excluding carboxylic acids is 1. The van der Waals surface area contributed by atoms with Crippen molar-refractivity contribution in [1.29, 1.82) is 0 Å². The molecule has 2 atom stereocenters. The van der Waals surface area contributed by atoms with Gasteiger partial charge in [-0.15, -0.1) is 0 Å². The topological polar surface area (TPSA) is 63.7 Å². The summed E-state index contributed by atoms with van der Waals surface area (Å²) in [5, 5.41) is -1.00.